The molecule has 1 N–H and O–H groups in total. The zero-order chi connectivity index (χ0) is 29.6. The molecule has 2 aliphatic heterocycles. The smallest absolute Gasteiger partial charge is 0.147 e. The second-order valence-electron chi connectivity index (χ2n) is 15.2. The van der Waals surface area contributed by atoms with Crippen LogP contribution in [0.15, 0.2) is 12.4 Å². The van der Waals surface area contributed by atoms with Crippen LogP contribution < -0.4 is 10.2 Å². The van der Waals surface area contributed by atoms with Gasteiger partial charge in [0.05, 0.1) is 42.5 Å². The van der Waals surface area contributed by atoms with Gasteiger partial charge in [0.15, 0.2) is 0 Å². The first-order valence-corrected chi connectivity index (χ1v) is 15.6. The highest BCUT2D eigenvalue weighted by atomic mass is 16.5. The monoisotopic (exact) mass is 560 g/mol. The van der Waals surface area contributed by atoms with Crippen molar-refractivity contribution in [3.8, 4) is 0 Å². The zero-order valence-electron chi connectivity index (χ0n) is 27.5. The third-order valence-electron chi connectivity index (χ3n) is 8.14. The lowest BCUT2D eigenvalue weighted by Gasteiger charge is -2.36. The van der Waals surface area contributed by atoms with Crippen LogP contribution in [0.1, 0.15) is 94.2 Å². The first kappa shape index (κ1) is 33.2. The topological polar surface area (TPSA) is 66.0 Å². The quantitative estimate of drug-likeness (QED) is 0.372. The molecule has 40 heavy (non-hydrogen) atoms. The number of anilines is 1. The number of aromatic nitrogens is 2. The Morgan fingerprint density at radius 1 is 0.750 bits per heavy atom. The van der Waals surface area contributed by atoms with Gasteiger partial charge < -0.3 is 19.7 Å². The largest absolute Gasteiger partial charge is 0.374 e. The second-order valence-corrected chi connectivity index (χ2v) is 15.2. The summed E-state index contributed by atoms with van der Waals surface area (Å²) in [6, 6.07) is 0.593. The number of piperazine rings is 1. The molecule has 3 heterocycles. The lowest BCUT2D eigenvalue weighted by atomic mass is 9.93. The van der Waals surface area contributed by atoms with E-state index in [9.17, 15) is 0 Å². The lowest BCUT2D eigenvalue weighted by molar-refractivity contribution is -0.0694. The third kappa shape index (κ3) is 11.5. The number of hydrogen-bond donors (Lipinski definition) is 1. The molecule has 2 fully saturated rings. The maximum Gasteiger partial charge on any atom is 0.147 e. The minimum atomic E-state index is -0.159. The molecule has 8 heteroatoms. The van der Waals surface area contributed by atoms with E-state index in [-0.39, 0.29) is 22.2 Å². The van der Waals surface area contributed by atoms with Crippen molar-refractivity contribution in [2.45, 2.75) is 117 Å². The fraction of sp³-hybridized carbons (Fsp3) is 0.875. The van der Waals surface area contributed by atoms with Gasteiger partial charge in [-0.05, 0) is 74.3 Å². The highest BCUT2D eigenvalue weighted by Crippen LogP contribution is 2.25. The van der Waals surface area contributed by atoms with Crippen LogP contribution in [0, 0.1) is 0 Å². The summed E-state index contributed by atoms with van der Waals surface area (Å²) in [6.07, 6.45) is 7.06. The van der Waals surface area contributed by atoms with Gasteiger partial charge in [0, 0.05) is 62.8 Å². The first-order valence-electron chi connectivity index (χ1n) is 15.6. The van der Waals surface area contributed by atoms with E-state index in [1.807, 2.05) is 12.4 Å². The Hall–Kier alpha value is -1.32. The van der Waals surface area contributed by atoms with Crippen LogP contribution in [0.2, 0.25) is 0 Å². The second kappa shape index (κ2) is 13.8. The highest BCUT2D eigenvalue weighted by Gasteiger charge is 2.28. The number of nitrogens with one attached hydrogen (secondary N) is 1. The Kier molecular flexibility index (Phi) is 11.4. The molecule has 0 amide bonds. The van der Waals surface area contributed by atoms with E-state index < -0.39 is 0 Å². The van der Waals surface area contributed by atoms with Gasteiger partial charge in [-0.3, -0.25) is 14.8 Å². The predicted molar refractivity (Wildman–Crippen MR) is 166 cm³/mol. The maximum atomic E-state index is 6.37. The van der Waals surface area contributed by atoms with E-state index in [0.29, 0.717) is 6.04 Å². The first-order chi connectivity index (χ1) is 18.5. The highest BCUT2D eigenvalue weighted by molar-refractivity contribution is 5.37. The summed E-state index contributed by atoms with van der Waals surface area (Å²) in [5.74, 6) is 0.983. The maximum absolute atomic E-state index is 6.37. The molecule has 0 saturated carbocycles. The number of ether oxygens (including phenoxy) is 2. The summed E-state index contributed by atoms with van der Waals surface area (Å²) >= 11 is 0. The summed E-state index contributed by atoms with van der Waals surface area (Å²) in [5, 5.41) is 3.74. The van der Waals surface area contributed by atoms with E-state index in [1.165, 1.54) is 6.42 Å². The van der Waals surface area contributed by atoms with Gasteiger partial charge in [-0.25, -0.2) is 4.98 Å². The molecule has 0 aromatic carbocycles. The van der Waals surface area contributed by atoms with Crippen molar-refractivity contribution in [3.63, 3.8) is 0 Å². The van der Waals surface area contributed by atoms with Gasteiger partial charge in [-0.2, -0.15) is 0 Å². The Bertz CT molecular complexity index is 882. The average molecular weight is 561 g/mol. The summed E-state index contributed by atoms with van der Waals surface area (Å²) in [6.45, 7) is 31.9. The van der Waals surface area contributed by atoms with Crippen LogP contribution >= 0.6 is 0 Å². The minimum absolute atomic E-state index is 0.0302. The number of likely N-dealkylation sites (tertiary alicyclic amines) is 1. The van der Waals surface area contributed by atoms with Crippen LogP contribution in [-0.2, 0) is 14.9 Å². The zero-order valence-corrected chi connectivity index (χ0v) is 27.5. The number of rotatable bonds is 13. The SMILES string of the molecule is CC(C)(C)N[C@H]1CCN(CCOC(C)(C)CCC(C)(C)OCCN2CCN(c3cnc(C(C)(C)C)cn3)CC2)C1. The Labute approximate surface area is 245 Å². The molecule has 2 saturated heterocycles. The van der Waals surface area contributed by atoms with E-state index >= 15 is 0 Å². The summed E-state index contributed by atoms with van der Waals surface area (Å²) in [7, 11) is 0. The number of hydrogen-bond acceptors (Lipinski definition) is 8. The average Bonchev–Trinajstić information content (AvgIpc) is 3.28. The van der Waals surface area contributed by atoms with Crippen molar-refractivity contribution < 1.29 is 9.47 Å². The molecule has 1 aromatic rings. The van der Waals surface area contributed by atoms with Crippen molar-refractivity contribution in [1.29, 1.82) is 0 Å². The third-order valence-corrected chi connectivity index (χ3v) is 8.14. The molecule has 8 nitrogen and oxygen atoms in total. The fourth-order valence-electron chi connectivity index (χ4n) is 5.49. The lowest BCUT2D eigenvalue weighted by Crippen LogP contribution is -2.48. The summed E-state index contributed by atoms with van der Waals surface area (Å²) in [5.41, 5.74) is 0.941. The van der Waals surface area contributed by atoms with E-state index in [1.54, 1.807) is 0 Å². The van der Waals surface area contributed by atoms with Crippen LogP contribution in [-0.4, -0.2) is 108 Å². The van der Waals surface area contributed by atoms with E-state index in [4.69, 9.17) is 9.47 Å². The number of nitrogens with zero attached hydrogens (tertiary/aromatic N) is 5. The van der Waals surface area contributed by atoms with Gasteiger partial charge in [-0.1, -0.05) is 20.8 Å². The van der Waals surface area contributed by atoms with Crippen molar-refractivity contribution in [3.05, 3.63) is 18.1 Å². The van der Waals surface area contributed by atoms with E-state index in [0.717, 1.165) is 89.9 Å². The van der Waals surface area contributed by atoms with Gasteiger partial charge in [0.25, 0.3) is 0 Å². The van der Waals surface area contributed by atoms with Crippen molar-refractivity contribution >= 4 is 5.82 Å². The molecule has 230 valence electrons. The molecule has 0 spiro atoms. The summed E-state index contributed by atoms with van der Waals surface area (Å²) in [4.78, 5) is 16.7. The molecule has 0 unspecified atom stereocenters. The van der Waals surface area contributed by atoms with Gasteiger partial charge >= 0.3 is 0 Å². The van der Waals surface area contributed by atoms with E-state index in [2.05, 4.69) is 99.2 Å². The van der Waals surface area contributed by atoms with Crippen molar-refractivity contribution in [2.75, 3.05) is 70.5 Å². The predicted octanol–water partition coefficient (Wildman–Crippen LogP) is 4.73. The molecular weight excluding hydrogens is 500 g/mol. The molecule has 1 atom stereocenters. The van der Waals surface area contributed by atoms with Crippen molar-refractivity contribution in [2.24, 2.45) is 0 Å². The van der Waals surface area contributed by atoms with Crippen molar-refractivity contribution in [1.82, 2.24) is 25.1 Å². The molecule has 2 aliphatic rings. The normalized spacial score (nSPS) is 20.4. The molecule has 3 rings (SSSR count). The van der Waals surface area contributed by atoms with Crippen LogP contribution in [0.4, 0.5) is 5.82 Å². The molecule has 0 radical (unpaired) electrons. The Balaban J connectivity index is 1.29. The Morgan fingerprint density at radius 2 is 1.32 bits per heavy atom. The standard InChI is InChI=1S/C32H60N6O2/c1-29(2,3)27-23-34-28(24-33-27)38-17-15-36(16-18-38)19-21-39-31(7,8)12-13-32(9,10)40-22-20-37-14-11-26(25-37)35-30(4,5)6/h23-24,26,35H,11-22,25H2,1-10H3/t26-/m0/s1. The molecule has 1 aromatic heterocycles. The van der Waals surface area contributed by atoms with Gasteiger partial charge in [0.1, 0.15) is 5.82 Å². The fourth-order valence-corrected chi connectivity index (χ4v) is 5.49. The molecule has 0 aliphatic carbocycles. The van der Waals surface area contributed by atoms with Crippen LogP contribution in [0.25, 0.3) is 0 Å². The molecular formula is C32H60N6O2. The van der Waals surface area contributed by atoms with Gasteiger partial charge in [0.2, 0.25) is 0 Å². The minimum Gasteiger partial charge on any atom is -0.374 e. The van der Waals surface area contributed by atoms with Crippen LogP contribution in [0.5, 0.6) is 0 Å². The molecule has 0 bridgehead atoms. The Morgan fingerprint density at radius 3 is 1.82 bits per heavy atom. The van der Waals surface area contributed by atoms with Gasteiger partial charge in [-0.15, -0.1) is 0 Å². The summed E-state index contributed by atoms with van der Waals surface area (Å²) < 4.78 is 12.7. The van der Waals surface area contributed by atoms with Crippen LogP contribution in [0.3, 0.4) is 0 Å².